The fourth-order valence-electron chi connectivity index (χ4n) is 1.98. The quantitative estimate of drug-likeness (QED) is 0.823. The molecule has 1 aromatic carbocycles. The number of benzene rings is 1. The average Bonchev–Trinajstić information content (AvgIpc) is 2.95. The second kappa shape index (κ2) is 6.41. The Hall–Kier alpha value is -2.34. The topological polar surface area (TPSA) is 65.5 Å². The number of aromatic nitrogens is 2. The van der Waals surface area contributed by atoms with Gasteiger partial charge in [0.15, 0.2) is 11.5 Å². The first kappa shape index (κ1) is 13.6. The Labute approximate surface area is 123 Å². The second-order valence-electron chi connectivity index (χ2n) is 4.64. The van der Waals surface area contributed by atoms with Crippen molar-refractivity contribution in [2.75, 3.05) is 13.3 Å². The largest absolute Gasteiger partial charge is 0.454 e. The average molecular weight is 287 g/mol. The summed E-state index contributed by atoms with van der Waals surface area (Å²) in [4.78, 5) is 8.56. The third-order valence-corrected chi connectivity index (χ3v) is 2.96. The highest BCUT2D eigenvalue weighted by Crippen LogP contribution is 2.36. The minimum atomic E-state index is 0.247. The molecule has 0 radical (unpaired) electrons. The van der Waals surface area contributed by atoms with Crippen LogP contribution in [0.1, 0.15) is 19.0 Å². The molecule has 0 fully saturated rings. The number of fused-ring (bicyclic) bond motifs is 1. The van der Waals surface area contributed by atoms with Crippen LogP contribution in [0.4, 0.5) is 0 Å². The van der Waals surface area contributed by atoms with Gasteiger partial charge >= 0.3 is 0 Å². The molecule has 1 aromatic heterocycles. The van der Waals surface area contributed by atoms with E-state index in [4.69, 9.17) is 14.2 Å². The van der Waals surface area contributed by atoms with Gasteiger partial charge < -0.3 is 19.5 Å². The molecule has 6 nitrogen and oxygen atoms in total. The minimum Gasteiger partial charge on any atom is -0.454 e. The van der Waals surface area contributed by atoms with Crippen molar-refractivity contribution < 1.29 is 14.2 Å². The Morgan fingerprint density at radius 1 is 1.24 bits per heavy atom. The highest BCUT2D eigenvalue weighted by molar-refractivity contribution is 5.47. The van der Waals surface area contributed by atoms with Crippen LogP contribution in [-0.4, -0.2) is 23.3 Å². The summed E-state index contributed by atoms with van der Waals surface area (Å²) in [7, 11) is 0. The SMILES string of the molecule is CCCNCc1cncc(Oc2ccc3c(c2)OCO3)n1. The molecular weight excluding hydrogens is 270 g/mol. The first-order chi connectivity index (χ1) is 10.3. The Kier molecular flexibility index (Phi) is 4.16. The van der Waals surface area contributed by atoms with Crippen LogP contribution in [-0.2, 0) is 6.54 Å². The van der Waals surface area contributed by atoms with Crippen molar-refractivity contribution >= 4 is 0 Å². The van der Waals surface area contributed by atoms with Gasteiger partial charge in [-0.05, 0) is 25.1 Å². The fraction of sp³-hybridized carbons (Fsp3) is 0.333. The lowest BCUT2D eigenvalue weighted by Crippen LogP contribution is -2.15. The van der Waals surface area contributed by atoms with Crippen molar-refractivity contribution in [2.24, 2.45) is 0 Å². The van der Waals surface area contributed by atoms with Gasteiger partial charge in [0, 0.05) is 18.8 Å². The van der Waals surface area contributed by atoms with Gasteiger partial charge in [0.1, 0.15) is 5.75 Å². The van der Waals surface area contributed by atoms with Crippen LogP contribution in [0.2, 0.25) is 0 Å². The third kappa shape index (κ3) is 3.41. The molecule has 0 saturated carbocycles. The summed E-state index contributed by atoms with van der Waals surface area (Å²) in [5, 5.41) is 3.28. The summed E-state index contributed by atoms with van der Waals surface area (Å²) in [6.07, 6.45) is 4.41. The second-order valence-corrected chi connectivity index (χ2v) is 4.64. The number of rotatable bonds is 6. The van der Waals surface area contributed by atoms with E-state index in [1.807, 2.05) is 12.1 Å². The van der Waals surface area contributed by atoms with E-state index in [9.17, 15) is 0 Å². The third-order valence-electron chi connectivity index (χ3n) is 2.96. The molecule has 0 aliphatic carbocycles. The Bertz CT molecular complexity index is 619. The number of hydrogen-bond donors (Lipinski definition) is 1. The summed E-state index contributed by atoms with van der Waals surface area (Å²) in [5.41, 5.74) is 0.849. The van der Waals surface area contributed by atoms with E-state index in [1.54, 1.807) is 18.5 Å². The highest BCUT2D eigenvalue weighted by atomic mass is 16.7. The van der Waals surface area contributed by atoms with Crippen LogP contribution in [0.25, 0.3) is 0 Å². The van der Waals surface area contributed by atoms with E-state index in [2.05, 4.69) is 22.2 Å². The van der Waals surface area contributed by atoms with Crippen molar-refractivity contribution in [1.82, 2.24) is 15.3 Å². The summed E-state index contributed by atoms with van der Waals surface area (Å²) in [6, 6.07) is 5.42. The Balaban J connectivity index is 1.68. The van der Waals surface area contributed by atoms with Crippen molar-refractivity contribution in [3.05, 3.63) is 36.3 Å². The molecular formula is C15H17N3O3. The lowest BCUT2D eigenvalue weighted by molar-refractivity contribution is 0.174. The normalized spacial score (nSPS) is 12.4. The first-order valence-electron chi connectivity index (χ1n) is 6.94. The molecule has 1 N–H and O–H groups in total. The van der Waals surface area contributed by atoms with Crippen LogP contribution < -0.4 is 19.5 Å². The minimum absolute atomic E-state index is 0.247. The van der Waals surface area contributed by atoms with Crippen LogP contribution >= 0.6 is 0 Å². The molecule has 3 rings (SSSR count). The monoisotopic (exact) mass is 287 g/mol. The molecule has 0 spiro atoms. The molecule has 1 aliphatic heterocycles. The zero-order chi connectivity index (χ0) is 14.5. The standard InChI is InChI=1S/C15H17N3O3/c1-2-5-16-7-11-8-17-9-15(18-11)21-12-3-4-13-14(6-12)20-10-19-13/h3-4,6,8-9,16H,2,5,7,10H2,1H3. The van der Waals surface area contributed by atoms with Crippen molar-refractivity contribution in [2.45, 2.75) is 19.9 Å². The molecule has 2 aromatic rings. The van der Waals surface area contributed by atoms with E-state index in [1.165, 1.54) is 0 Å². The summed E-state index contributed by atoms with van der Waals surface area (Å²) in [5.74, 6) is 2.52. The summed E-state index contributed by atoms with van der Waals surface area (Å²) < 4.78 is 16.3. The molecule has 110 valence electrons. The fourth-order valence-corrected chi connectivity index (χ4v) is 1.98. The van der Waals surface area contributed by atoms with Crippen molar-refractivity contribution in [3.8, 4) is 23.1 Å². The highest BCUT2D eigenvalue weighted by Gasteiger charge is 2.14. The van der Waals surface area contributed by atoms with Crippen LogP contribution in [0.3, 0.4) is 0 Å². The molecule has 6 heteroatoms. The summed E-state index contributed by atoms with van der Waals surface area (Å²) in [6.45, 7) is 4.00. The zero-order valence-corrected chi connectivity index (χ0v) is 11.8. The van der Waals surface area contributed by atoms with Gasteiger partial charge in [-0.25, -0.2) is 4.98 Å². The van der Waals surface area contributed by atoms with Crippen molar-refractivity contribution in [1.29, 1.82) is 0 Å². The smallest absolute Gasteiger partial charge is 0.238 e. The maximum atomic E-state index is 5.71. The van der Waals surface area contributed by atoms with Crippen molar-refractivity contribution in [3.63, 3.8) is 0 Å². The molecule has 21 heavy (non-hydrogen) atoms. The van der Waals surface area contributed by atoms with Crippen LogP contribution in [0.5, 0.6) is 23.1 Å². The number of hydrogen-bond acceptors (Lipinski definition) is 6. The van der Waals surface area contributed by atoms with E-state index in [0.717, 1.165) is 24.4 Å². The van der Waals surface area contributed by atoms with Gasteiger partial charge in [-0.2, -0.15) is 0 Å². The molecule has 1 aliphatic rings. The number of nitrogens with zero attached hydrogens (tertiary/aromatic N) is 2. The lowest BCUT2D eigenvalue weighted by Gasteiger charge is -2.07. The predicted octanol–water partition coefficient (Wildman–Crippen LogP) is 2.50. The molecule has 0 bridgehead atoms. The predicted molar refractivity (Wildman–Crippen MR) is 76.7 cm³/mol. The Morgan fingerprint density at radius 3 is 3.05 bits per heavy atom. The zero-order valence-electron chi connectivity index (χ0n) is 11.8. The number of nitrogens with one attached hydrogen (secondary N) is 1. The van der Waals surface area contributed by atoms with Gasteiger partial charge in [-0.1, -0.05) is 6.92 Å². The van der Waals surface area contributed by atoms with E-state index in [-0.39, 0.29) is 6.79 Å². The maximum absolute atomic E-state index is 5.71. The number of ether oxygens (including phenoxy) is 3. The van der Waals surface area contributed by atoms with E-state index < -0.39 is 0 Å². The first-order valence-corrected chi connectivity index (χ1v) is 6.94. The van der Waals surface area contributed by atoms with Gasteiger partial charge in [-0.15, -0.1) is 0 Å². The van der Waals surface area contributed by atoms with E-state index >= 15 is 0 Å². The van der Waals surface area contributed by atoms with Gasteiger partial charge in [0.25, 0.3) is 0 Å². The van der Waals surface area contributed by atoms with Crippen LogP contribution in [0.15, 0.2) is 30.6 Å². The molecule has 2 heterocycles. The molecule has 0 saturated heterocycles. The van der Waals surface area contributed by atoms with Crippen LogP contribution in [0, 0.1) is 0 Å². The molecule has 0 amide bonds. The Morgan fingerprint density at radius 2 is 2.14 bits per heavy atom. The van der Waals surface area contributed by atoms with E-state index in [0.29, 0.717) is 23.9 Å². The maximum Gasteiger partial charge on any atom is 0.238 e. The lowest BCUT2D eigenvalue weighted by atomic mass is 10.3. The molecule has 0 unspecified atom stereocenters. The van der Waals surface area contributed by atoms with Gasteiger partial charge in [-0.3, -0.25) is 4.98 Å². The van der Waals surface area contributed by atoms with Gasteiger partial charge in [0.2, 0.25) is 12.7 Å². The summed E-state index contributed by atoms with van der Waals surface area (Å²) >= 11 is 0. The van der Waals surface area contributed by atoms with Gasteiger partial charge in [0.05, 0.1) is 11.9 Å². The molecule has 0 atom stereocenters.